The van der Waals surface area contributed by atoms with Crippen LogP contribution in [0.3, 0.4) is 0 Å². The van der Waals surface area contributed by atoms with Gasteiger partial charge >= 0.3 is 5.97 Å². The van der Waals surface area contributed by atoms with E-state index in [1.807, 2.05) is 6.92 Å². The summed E-state index contributed by atoms with van der Waals surface area (Å²) in [4.78, 5) is 47.2. The summed E-state index contributed by atoms with van der Waals surface area (Å²) in [5.74, 6) is -1.12. The van der Waals surface area contributed by atoms with Crippen molar-refractivity contribution in [3.8, 4) is 0 Å². The van der Waals surface area contributed by atoms with Gasteiger partial charge in [0.2, 0.25) is 11.4 Å². The van der Waals surface area contributed by atoms with E-state index in [2.05, 4.69) is 0 Å². The Kier molecular flexibility index (Phi) is 8.25. The maximum atomic E-state index is 12.2. The van der Waals surface area contributed by atoms with Gasteiger partial charge in [-0.2, -0.15) is 0 Å². The van der Waals surface area contributed by atoms with Crippen molar-refractivity contribution in [1.29, 1.82) is 0 Å². The monoisotopic (exact) mass is 428 g/mol. The number of thioether (sulfide) groups is 1. The van der Waals surface area contributed by atoms with Crippen molar-refractivity contribution in [3.63, 3.8) is 0 Å². The number of carbonyl (C=O) groups excluding carboxylic acids is 3. The van der Waals surface area contributed by atoms with Crippen LogP contribution in [0, 0.1) is 10.1 Å². The number of nitro benzene ring substituents is 1. The van der Waals surface area contributed by atoms with Crippen LogP contribution in [0.15, 0.2) is 24.3 Å². The lowest BCUT2D eigenvalue weighted by molar-refractivity contribution is -0.384. The number of hydrogen-bond donors (Lipinski definition) is 0. The van der Waals surface area contributed by atoms with Crippen molar-refractivity contribution >= 4 is 46.0 Å². The Labute approximate surface area is 171 Å². The Balaban J connectivity index is 1.84. The van der Waals surface area contributed by atoms with Gasteiger partial charge < -0.3 is 9.64 Å². The Morgan fingerprint density at radius 2 is 2.04 bits per heavy atom. The standard InChI is InChI=1S/C18H21ClN2O6S/c1-2-3-4-5-16(23)28-15-10-14(22)20(15)17(19)18(24)27-11-12-6-8-13(9-7-12)21(25)26/h6-9,15,17H,2-5,10-11H2,1H3/t15-,17?/m1/s1. The van der Waals surface area contributed by atoms with E-state index in [1.54, 1.807) is 0 Å². The van der Waals surface area contributed by atoms with Gasteiger partial charge in [0.15, 0.2) is 5.12 Å². The zero-order chi connectivity index (χ0) is 20.7. The zero-order valence-electron chi connectivity index (χ0n) is 15.3. The summed E-state index contributed by atoms with van der Waals surface area (Å²) in [7, 11) is 0. The van der Waals surface area contributed by atoms with Gasteiger partial charge in [0, 0.05) is 18.6 Å². The Hall–Kier alpha value is -2.13. The zero-order valence-corrected chi connectivity index (χ0v) is 16.9. The number of β-lactam (4-membered cyclic amide) rings is 1. The Bertz CT molecular complexity index is 742. The van der Waals surface area contributed by atoms with Crippen LogP contribution >= 0.6 is 23.4 Å². The number of likely N-dealkylation sites (tertiary alicyclic amines) is 1. The van der Waals surface area contributed by atoms with Gasteiger partial charge in [0.05, 0.1) is 16.7 Å². The molecule has 0 bridgehead atoms. The molecule has 2 rings (SSSR count). The number of nitrogens with zero attached hydrogens (tertiary/aromatic N) is 2. The molecule has 0 radical (unpaired) electrons. The highest BCUT2D eigenvalue weighted by Gasteiger charge is 2.45. The van der Waals surface area contributed by atoms with Gasteiger partial charge in [-0.25, -0.2) is 4.79 Å². The molecule has 1 unspecified atom stereocenters. The summed E-state index contributed by atoms with van der Waals surface area (Å²) in [5, 5.41) is 10.1. The molecule has 0 aromatic heterocycles. The molecule has 1 fully saturated rings. The molecule has 28 heavy (non-hydrogen) atoms. The van der Waals surface area contributed by atoms with Crippen molar-refractivity contribution in [2.24, 2.45) is 0 Å². The van der Waals surface area contributed by atoms with E-state index in [4.69, 9.17) is 16.3 Å². The summed E-state index contributed by atoms with van der Waals surface area (Å²) >= 11 is 7.11. The first kappa shape index (κ1) is 22.2. The fourth-order valence-electron chi connectivity index (χ4n) is 2.55. The number of benzene rings is 1. The minimum atomic E-state index is -1.32. The van der Waals surface area contributed by atoms with Crippen LogP contribution in [0.2, 0.25) is 0 Å². The van der Waals surface area contributed by atoms with Crippen LogP contribution in [0.25, 0.3) is 0 Å². The van der Waals surface area contributed by atoms with Crippen molar-refractivity contribution in [2.75, 3.05) is 0 Å². The number of rotatable bonds is 10. The number of halogens is 1. The lowest BCUT2D eigenvalue weighted by Crippen LogP contribution is -2.57. The van der Waals surface area contributed by atoms with Crippen LogP contribution in [0.5, 0.6) is 0 Å². The molecule has 10 heteroatoms. The fraction of sp³-hybridized carbons (Fsp3) is 0.500. The molecular weight excluding hydrogens is 408 g/mol. The highest BCUT2D eigenvalue weighted by molar-refractivity contribution is 8.14. The predicted molar refractivity (Wildman–Crippen MR) is 105 cm³/mol. The smallest absolute Gasteiger partial charge is 0.345 e. The second kappa shape index (κ2) is 10.4. The van der Waals surface area contributed by atoms with E-state index >= 15 is 0 Å². The molecule has 0 saturated carbocycles. The van der Waals surface area contributed by atoms with Crippen LogP contribution in [-0.4, -0.2) is 37.7 Å². The van der Waals surface area contributed by atoms with Crippen LogP contribution in [0.1, 0.15) is 44.6 Å². The average Bonchev–Trinajstić information content (AvgIpc) is 2.66. The fourth-order valence-corrected chi connectivity index (χ4v) is 4.07. The van der Waals surface area contributed by atoms with Gasteiger partial charge in [-0.05, 0) is 24.1 Å². The lowest BCUT2D eigenvalue weighted by atomic mass is 10.2. The van der Waals surface area contributed by atoms with Crippen molar-refractivity contribution < 1.29 is 24.0 Å². The number of amides is 1. The molecule has 1 saturated heterocycles. The molecule has 1 aliphatic rings. The molecule has 1 heterocycles. The van der Waals surface area contributed by atoms with Gasteiger partial charge in [-0.15, -0.1) is 0 Å². The van der Waals surface area contributed by atoms with E-state index in [1.165, 1.54) is 24.3 Å². The summed E-state index contributed by atoms with van der Waals surface area (Å²) < 4.78 is 5.10. The van der Waals surface area contributed by atoms with Gasteiger partial charge in [-0.1, -0.05) is 43.1 Å². The topological polar surface area (TPSA) is 107 Å². The van der Waals surface area contributed by atoms with Crippen molar-refractivity contribution in [1.82, 2.24) is 4.90 Å². The summed E-state index contributed by atoms with van der Waals surface area (Å²) in [5.41, 5.74) is -0.838. The number of hydrogen-bond acceptors (Lipinski definition) is 7. The number of unbranched alkanes of at least 4 members (excludes halogenated alkanes) is 2. The van der Waals surface area contributed by atoms with E-state index < -0.39 is 21.8 Å². The van der Waals surface area contributed by atoms with E-state index in [9.17, 15) is 24.5 Å². The summed E-state index contributed by atoms with van der Waals surface area (Å²) in [6.45, 7) is 1.92. The quantitative estimate of drug-likeness (QED) is 0.106. The first-order valence-electron chi connectivity index (χ1n) is 8.88. The molecule has 1 aromatic rings. The first-order chi connectivity index (χ1) is 13.3. The SMILES string of the molecule is CCCCCC(=O)S[C@@H]1CC(=O)N1C(Cl)C(=O)OCc1ccc([N+](=O)[O-])cc1. The molecule has 8 nitrogen and oxygen atoms in total. The number of ether oxygens (including phenoxy) is 1. The molecule has 1 aromatic carbocycles. The Morgan fingerprint density at radius 1 is 1.36 bits per heavy atom. The largest absolute Gasteiger partial charge is 0.458 e. The van der Waals surface area contributed by atoms with Gasteiger partial charge in [-0.3, -0.25) is 19.7 Å². The van der Waals surface area contributed by atoms with E-state index in [-0.39, 0.29) is 29.7 Å². The number of esters is 1. The number of nitro groups is 1. The van der Waals surface area contributed by atoms with E-state index in [0.717, 1.165) is 35.9 Å². The third kappa shape index (κ3) is 5.93. The number of alkyl halides is 1. The second-order valence-electron chi connectivity index (χ2n) is 6.27. The van der Waals surface area contributed by atoms with Gasteiger partial charge in [0.1, 0.15) is 6.61 Å². The van der Waals surface area contributed by atoms with Crippen molar-refractivity contribution in [3.05, 3.63) is 39.9 Å². The maximum Gasteiger partial charge on any atom is 0.345 e. The van der Waals surface area contributed by atoms with Crippen LogP contribution in [0.4, 0.5) is 5.69 Å². The predicted octanol–water partition coefficient (Wildman–Crippen LogP) is 3.60. The van der Waals surface area contributed by atoms with Gasteiger partial charge in [0.25, 0.3) is 5.69 Å². The van der Waals surface area contributed by atoms with Crippen LogP contribution < -0.4 is 0 Å². The second-order valence-corrected chi connectivity index (χ2v) is 7.92. The van der Waals surface area contributed by atoms with Crippen molar-refractivity contribution in [2.45, 2.75) is 56.5 Å². The molecule has 0 aliphatic carbocycles. The van der Waals surface area contributed by atoms with E-state index in [0.29, 0.717) is 12.0 Å². The molecule has 1 amide bonds. The minimum Gasteiger partial charge on any atom is -0.458 e. The molecule has 2 atom stereocenters. The number of carbonyl (C=O) groups is 3. The average molecular weight is 429 g/mol. The highest BCUT2D eigenvalue weighted by Crippen LogP contribution is 2.34. The molecular formula is C18H21ClN2O6S. The molecule has 0 N–H and O–H groups in total. The Morgan fingerprint density at radius 3 is 2.61 bits per heavy atom. The number of non-ortho nitro benzene ring substituents is 1. The minimum absolute atomic E-state index is 0.0286. The molecule has 152 valence electrons. The first-order valence-corrected chi connectivity index (χ1v) is 10.2. The maximum absolute atomic E-state index is 12.2. The summed E-state index contributed by atoms with van der Waals surface area (Å²) in [6.07, 6.45) is 3.35. The molecule has 1 aliphatic heterocycles. The normalized spacial score (nSPS) is 17.0. The third-order valence-corrected chi connectivity index (χ3v) is 5.69. The third-order valence-electron chi connectivity index (χ3n) is 4.17. The molecule has 0 spiro atoms. The lowest BCUT2D eigenvalue weighted by Gasteiger charge is -2.41. The van der Waals surface area contributed by atoms with Crippen LogP contribution in [-0.2, 0) is 25.7 Å². The highest BCUT2D eigenvalue weighted by atomic mass is 35.5. The summed E-state index contributed by atoms with van der Waals surface area (Å²) in [6, 6.07) is 5.54.